The first-order valence-electron chi connectivity index (χ1n) is 5.88. The highest BCUT2D eigenvalue weighted by Crippen LogP contribution is 2.05. The number of rotatable bonds is 5. The van der Waals surface area contributed by atoms with E-state index in [0.717, 1.165) is 13.0 Å². The number of hydrogen-bond donors (Lipinski definition) is 1. The average Bonchev–Trinajstić information content (AvgIpc) is 2.17. The topological polar surface area (TPSA) is 12.0 Å². The average molecular weight is 205 g/mol. The van der Waals surface area contributed by atoms with Crippen molar-refractivity contribution in [2.75, 3.05) is 6.54 Å². The summed E-state index contributed by atoms with van der Waals surface area (Å²) in [5, 5.41) is 3.55. The number of benzene rings is 1. The molecule has 0 amide bonds. The highest BCUT2D eigenvalue weighted by Gasteiger charge is 2.04. The van der Waals surface area contributed by atoms with E-state index in [1.54, 1.807) is 0 Å². The molecule has 1 heteroatoms. The maximum atomic E-state index is 3.55. The van der Waals surface area contributed by atoms with Crippen molar-refractivity contribution in [1.82, 2.24) is 5.32 Å². The van der Waals surface area contributed by atoms with Crippen LogP contribution < -0.4 is 5.32 Å². The predicted molar refractivity (Wildman–Crippen MR) is 67.2 cm³/mol. The molecule has 0 fully saturated rings. The van der Waals surface area contributed by atoms with Crippen LogP contribution in [0, 0.1) is 12.8 Å². The Balaban J connectivity index is 2.32. The van der Waals surface area contributed by atoms with E-state index in [0.29, 0.717) is 12.0 Å². The van der Waals surface area contributed by atoms with Gasteiger partial charge >= 0.3 is 0 Å². The van der Waals surface area contributed by atoms with Crippen LogP contribution in [-0.2, 0) is 6.42 Å². The van der Waals surface area contributed by atoms with E-state index >= 15 is 0 Å². The maximum absolute atomic E-state index is 3.55. The van der Waals surface area contributed by atoms with E-state index in [1.807, 2.05) is 0 Å². The molecule has 0 saturated heterocycles. The van der Waals surface area contributed by atoms with Crippen LogP contribution in [0.15, 0.2) is 24.3 Å². The van der Waals surface area contributed by atoms with Gasteiger partial charge < -0.3 is 5.32 Å². The molecule has 0 unspecified atom stereocenters. The summed E-state index contributed by atoms with van der Waals surface area (Å²) in [4.78, 5) is 0. The van der Waals surface area contributed by atoms with Gasteiger partial charge in [0.05, 0.1) is 0 Å². The van der Waals surface area contributed by atoms with Crippen molar-refractivity contribution < 1.29 is 0 Å². The molecular weight excluding hydrogens is 182 g/mol. The Morgan fingerprint density at radius 2 is 1.93 bits per heavy atom. The van der Waals surface area contributed by atoms with Crippen LogP contribution in [0.2, 0.25) is 0 Å². The van der Waals surface area contributed by atoms with Crippen molar-refractivity contribution in [2.45, 2.75) is 40.2 Å². The molecular formula is C14H23N. The molecule has 1 rings (SSSR count). The SMILES string of the molecule is Cc1cccc(CCN[C@@H](C)C(C)C)c1. The molecule has 0 radical (unpaired) electrons. The summed E-state index contributed by atoms with van der Waals surface area (Å²) in [6.07, 6.45) is 1.12. The fourth-order valence-electron chi connectivity index (χ4n) is 1.55. The van der Waals surface area contributed by atoms with Crippen LogP contribution >= 0.6 is 0 Å². The lowest BCUT2D eigenvalue weighted by molar-refractivity contribution is 0.430. The summed E-state index contributed by atoms with van der Waals surface area (Å²) in [5.41, 5.74) is 2.78. The van der Waals surface area contributed by atoms with Gasteiger partial charge in [-0.05, 0) is 38.3 Å². The number of nitrogens with one attached hydrogen (secondary N) is 1. The minimum absolute atomic E-state index is 0.606. The van der Waals surface area contributed by atoms with Crippen LogP contribution in [0.3, 0.4) is 0 Å². The lowest BCUT2D eigenvalue weighted by atomic mass is 10.1. The maximum Gasteiger partial charge on any atom is 0.00618 e. The second kappa shape index (κ2) is 5.92. The molecule has 0 aliphatic rings. The molecule has 0 aromatic heterocycles. The smallest absolute Gasteiger partial charge is 0.00618 e. The Kier molecular flexibility index (Phi) is 4.83. The number of aryl methyl sites for hydroxylation is 1. The van der Waals surface area contributed by atoms with Crippen molar-refractivity contribution in [3.63, 3.8) is 0 Å². The van der Waals surface area contributed by atoms with E-state index in [4.69, 9.17) is 0 Å². The Labute approximate surface area is 93.9 Å². The van der Waals surface area contributed by atoms with Gasteiger partial charge in [0.25, 0.3) is 0 Å². The third-order valence-electron chi connectivity index (χ3n) is 2.96. The van der Waals surface area contributed by atoms with E-state index in [9.17, 15) is 0 Å². The second-order valence-electron chi connectivity index (χ2n) is 4.73. The van der Waals surface area contributed by atoms with Crippen LogP contribution in [0.5, 0.6) is 0 Å². The zero-order valence-electron chi connectivity index (χ0n) is 10.4. The summed E-state index contributed by atoms with van der Waals surface area (Å²) in [5.74, 6) is 0.711. The Morgan fingerprint density at radius 1 is 1.20 bits per heavy atom. The number of hydrogen-bond acceptors (Lipinski definition) is 1. The third-order valence-corrected chi connectivity index (χ3v) is 2.96. The molecule has 84 valence electrons. The molecule has 15 heavy (non-hydrogen) atoms. The molecule has 0 saturated carbocycles. The molecule has 1 nitrogen and oxygen atoms in total. The summed E-state index contributed by atoms with van der Waals surface area (Å²) in [6.45, 7) is 9.98. The lowest BCUT2D eigenvalue weighted by Gasteiger charge is -2.17. The van der Waals surface area contributed by atoms with Gasteiger partial charge in [-0.2, -0.15) is 0 Å². The van der Waals surface area contributed by atoms with E-state index in [-0.39, 0.29) is 0 Å². The van der Waals surface area contributed by atoms with Gasteiger partial charge in [-0.25, -0.2) is 0 Å². The zero-order chi connectivity index (χ0) is 11.3. The first-order valence-corrected chi connectivity index (χ1v) is 5.88. The highest BCUT2D eigenvalue weighted by atomic mass is 14.9. The second-order valence-corrected chi connectivity index (χ2v) is 4.73. The van der Waals surface area contributed by atoms with Gasteiger partial charge in [0.15, 0.2) is 0 Å². The fourth-order valence-corrected chi connectivity index (χ4v) is 1.55. The molecule has 1 atom stereocenters. The Bertz CT molecular complexity index is 291. The van der Waals surface area contributed by atoms with Crippen molar-refractivity contribution in [2.24, 2.45) is 5.92 Å². The molecule has 1 aromatic carbocycles. The molecule has 0 bridgehead atoms. The van der Waals surface area contributed by atoms with Gasteiger partial charge in [-0.1, -0.05) is 43.7 Å². The predicted octanol–water partition coefficient (Wildman–Crippen LogP) is 3.17. The van der Waals surface area contributed by atoms with Crippen LogP contribution in [-0.4, -0.2) is 12.6 Å². The van der Waals surface area contributed by atoms with E-state index in [1.165, 1.54) is 11.1 Å². The molecule has 1 aromatic rings. The quantitative estimate of drug-likeness (QED) is 0.778. The van der Waals surface area contributed by atoms with Crippen molar-refractivity contribution >= 4 is 0 Å². The van der Waals surface area contributed by atoms with Crippen LogP contribution in [0.4, 0.5) is 0 Å². The molecule has 0 spiro atoms. The van der Waals surface area contributed by atoms with Crippen molar-refractivity contribution in [1.29, 1.82) is 0 Å². The van der Waals surface area contributed by atoms with E-state index in [2.05, 4.69) is 57.3 Å². The normalized spacial score (nSPS) is 13.1. The monoisotopic (exact) mass is 205 g/mol. The van der Waals surface area contributed by atoms with Crippen molar-refractivity contribution in [3.8, 4) is 0 Å². The Morgan fingerprint density at radius 3 is 2.53 bits per heavy atom. The summed E-state index contributed by atoms with van der Waals surface area (Å²) >= 11 is 0. The van der Waals surface area contributed by atoms with Gasteiger partial charge in [-0.15, -0.1) is 0 Å². The van der Waals surface area contributed by atoms with Crippen LogP contribution in [0.25, 0.3) is 0 Å². The largest absolute Gasteiger partial charge is 0.314 e. The molecule has 0 heterocycles. The van der Waals surface area contributed by atoms with Gasteiger partial charge in [0, 0.05) is 6.04 Å². The third kappa shape index (κ3) is 4.48. The first kappa shape index (κ1) is 12.3. The van der Waals surface area contributed by atoms with Gasteiger partial charge in [0.2, 0.25) is 0 Å². The highest BCUT2D eigenvalue weighted by molar-refractivity contribution is 5.22. The summed E-state index contributed by atoms with van der Waals surface area (Å²) in [6, 6.07) is 9.36. The van der Waals surface area contributed by atoms with Gasteiger partial charge in [0.1, 0.15) is 0 Å². The van der Waals surface area contributed by atoms with Crippen LogP contribution in [0.1, 0.15) is 31.9 Å². The van der Waals surface area contributed by atoms with Gasteiger partial charge in [-0.3, -0.25) is 0 Å². The minimum atomic E-state index is 0.606. The first-order chi connectivity index (χ1) is 7.09. The van der Waals surface area contributed by atoms with Crippen molar-refractivity contribution in [3.05, 3.63) is 35.4 Å². The standard InChI is InChI=1S/C14H23N/c1-11(2)13(4)15-9-8-14-7-5-6-12(3)10-14/h5-7,10-11,13,15H,8-9H2,1-4H3/t13-/m0/s1. The zero-order valence-corrected chi connectivity index (χ0v) is 10.4. The summed E-state index contributed by atoms with van der Waals surface area (Å²) < 4.78 is 0. The molecule has 0 aliphatic carbocycles. The molecule has 1 N–H and O–H groups in total. The Hall–Kier alpha value is -0.820. The lowest BCUT2D eigenvalue weighted by Crippen LogP contribution is -2.32. The minimum Gasteiger partial charge on any atom is -0.314 e. The molecule has 0 aliphatic heterocycles. The van der Waals surface area contributed by atoms with E-state index < -0.39 is 0 Å². The fraction of sp³-hybridized carbons (Fsp3) is 0.571. The summed E-state index contributed by atoms with van der Waals surface area (Å²) in [7, 11) is 0.